The smallest absolute Gasteiger partial charge is 0.242 e. The summed E-state index contributed by atoms with van der Waals surface area (Å²) in [4.78, 5) is 16.2. The highest BCUT2D eigenvalue weighted by atomic mass is 16.5. The van der Waals surface area contributed by atoms with Crippen LogP contribution in [0.5, 0.6) is 5.75 Å². The molecule has 1 amide bonds. The molecule has 1 aromatic heterocycles. The molecule has 1 aliphatic heterocycles. The molecule has 0 spiro atoms. The largest absolute Gasteiger partial charge is 0.497 e. The van der Waals surface area contributed by atoms with Gasteiger partial charge >= 0.3 is 0 Å². The van der Waals surface area contributed by atoms with E-state index in [1.54, 1.807) is 18.3 Å². The van der Waals surface area contributed by atoms with Crippen molar-refractivity contribution in [2.75, 3.05) is 13.7 Å². The first-order valence-electron chi connectivity index (χ1n) is 7.68. The number of amides is 1. The second-order valence-electron chi connectivity index (χ2n) is 5.41. The van der Waals surface area contributed by atoms with Gasteiger partial charge in [0.15, 0.2) is 0 Å². The lowest BCUT2D eigenvalue weighted by atomic mass is 10.1. The van der Waals surface area contributed by atoms with E-state index in [2.05, 4.69) is 10.1 Å². The first-order chi connectivity index (χ1) is 11.3. The van der Waals surface area contributed by atoms with E-state index >= 15 is 0 Å². The van der Waals surface area contributed by atoms with Crippen molar-refractivity contribution in [3.05, 3.63) is 59.9 Å². The molecule has 3 rings (SSSR count). The molecular formula is C18H19N3O2. The molecule has 0 saturated carbocycles. The fourth-order valence-corrected chi connectivity index (χ4v) is 2.53. The van der Waals surface area contributed by atoms with Crippen LogP contribution in [0.25, 0.3) is 0 Å². The lowest BCUT2D eigenvalue weighted by molar-refractivity contribution is -0.127. The molecule has 2 heterocycles. The number of pyridine rings is 1. The summed E-state index contributed by atoms with van der Waals surface area (Å²) >= 11 is 0. The molecule has 5 nitrogen and oxygen atoms in total. The lowest BCUT2D eigenvalue weighted by Gasteiger charge is -2.13. The minimum absolute atomic E-state index is 0.0770. The lowest BCUT2D eigenvalue weighted by Crippen LogP contribution is -2.22. The van der Waals surface area contributed by atoms with E-state index in [0.29, 0.717) is 19.4 Å². The van der Waals surface area contributed by atoms with Gasteiger partial charge in [0.05, 0.1) is 18.5 Å². The van der Waals surface area contributed by atoms with Gasteiger partial charge in [-0.3, -0.25) is 9.78 Å². The van der Waals surface area contributed by atoms with E-state index in [1.807, 2.05) is 42.5 Å². The predicted octanol–water partition coefficient (Wildman–Crippen LogP) is 2.66. The zero-order valence-electron chi connectivity index (χ0n) is 13.1. The SMILES string of the molecule is COc1ccc(C/C(=N/N2CCCC2=O)c2ccccn2)cc1. The Labute approximate surface area is 135 Å². The molecular weight excluding hydrogens is 290 g/mol. The zero-order valence-corrected chi connectivity index (χ0v) is 13.1. The molecule has 1 aliphatic rings. The van der Waals surface area contributed by atoms with Gasteiger partial charge in [0.25, 0.3) is 0 Å². The van der Waals surface area contributed by atoms with Crippen LogP contribution in [0.3, 0.4) is 0 Å². The summed E-state index contributed by atoms with van der Waals surface area (Å²) in [5, 5.41) is 6.13. The Kier molecular flexibility index (Phi) is 4.66. The van der Waals surface area contributed by atoms with Crippen molar-refractivity contribution in [2.24, 2.45) is 5.10 Å². The fourth-order valence-electron chi connectivity index (χ4n) is 2.53. The van der Waals surface area contributed by atoms with Gasteiger partial charge in [0, 0.05) is 25.6 Å². The normalized spacial score (nSPS) is 15.1. The first-order valence-corrected chi connectivity index (χ1v) is 7.68. The van der Waals surface area contributed by atoms with Crippen LogP contribution in [-0.4, -0.2) is 35.3 Å². The maximum absolute atomic E-state index is 11.9. The highest BCUT2D eigenvalue weighted by molar-refractivity contribution is 6.00. The number of carbonyl (C=O) groups excluding carboxylic acids is 1. The van der Waals surface area contributed by atoms with Crippen LogP contribution in [0.15, 0.2) is 53.8 Å². The minimum Gasteiger partial charge on any atom is -0.497 e. The fraction of sp³-hybridized carbons (Fsp3) is 0.278. The van der Waals surface area contributed by atoms with E-state index in [-0.39, 0.29) is 5.91 Å². The van der Waals surface area contributed by atoms with Crippen LogP contribution < -0.4 is 4.74 Å². The second kappa shape index (κ2) is 7.05. The highest BCUT2D eigenvalue weighted by Crippen LogP contribution is 2.16. The Morgan fingerprint density at radius 3 is 2.70 bits per heavy atom. The monoisotopic (exact) mass is 309 g/mol. The van der Waals surface area contributed by atoms with Gasteiger partial charge in [-0.2, -0.15) is 5.10 Å². The Bertz CT molecular complexity index is 696. The van der Waals surface area contributed by atoms with Crippen molar-refractivity contribution < 1.29 is 9.53 Å². The molecule has 0 N–H and O–H groups in total. The maximum Gasteiger partial charge on any atom is 0.242 e. The minimum atomic E-state index is 0.0770. The van der Waals surface area contributed by atoms with Crippen LogP contribution in [0.1, 0.15) is 24.1 Å². The number of carbonyl (C=O) groups is 1. The third kappa shape index (κ3) is 3.74. The molecule has 1 fully saturated rings. The second-order valence-corrected chi connectivity index (χ2v) is 5.41. The van der Waals surface area contributed by atoms with Gasteiger partial charge in [-0.1, -0.05) is 18.2 Å². The van der Waals surface area contributed by atoms with Crippen molar-refractivity contribution in [3.63, 3.8) is 0 Å². The summed E-state index contributed by atoms with van der Waals surface area (Å²) in [5.41, 5.74) is 2.69. The summed E-state index contributed by atoms with van der Waals surface area (Å²) in [6.07, 6.45) is 3.79. The zero-order chi connectivity index (χ0) is 16.1. The number of hydrazone groups is 1. The number of hydrogen-bond acceptors (Lipinski definition) is 4. The summed E-state index contributed by atoms with van der Waals surface area (Å²) in [6, 6.07) is 13.6. The van der Waals surface area contributed by atoms with Crippen LogP contribution in [0.4, 0.5) is 0 Å². The van der Waals surface area contributed by atoms with Gasteiger partial charge in [-0.15, -0.1) is 0 Å². The molecule has 0 aliphatic carbocycles. The van der Waals surface area contributed by atoms with Crippen molar-refractivity contribution in [1.82, 2.24) is 9.99 Å². The van der Waals surface area contributed by atoms with Gasteiger partial charge in [0.2, 0.25) is 5.91 Å². The van der Waals surface area contributed by atoms with Crippen LogP contribution in [0.2, 0.25) is 0 Å². The summed E-state index contributed by atoms with van der Waals surface area (Å²) < 4.78 is 5.19. The summed E-state index contributed by atoms with van der Waals surface area (Å²) in [7, 11) is 1.65. The van der Waals surface area contributed by atoms with Crippen LogP contribution >= 0.6 is 0 Å². The molecule has 1 aromatic carbocycles. The van der Waals surface area contributed by atoms with E-state index in [1.165, 1.54) is 0 Å². The molecule has 2 aromatic rings. The number of hydrogen-bond donors (Lipinski definition) is 0. The Morgan fingerprint density at radius 1 is 1.26 bits per heavy atom. The molecule has 23 heavy (non-hydrogen) atoms. The molecule has 0 atom stereocenters. The van der Waals surface area contributed by atoms with Gasteiger partial charge in [0.1, 0.15) is 5.75 Å². The van der Waals surface area contributed by atoms with E-state index < -0.39 is 0 Å². The number of rotatable bonds is 5. The predicted molar refractivity (Wildman–Crippen MR) is 88.4 cm³/mol. The quantitative estimate of drug-likeness (QED) is 0.798. The van der Waals surface area contributed by atoms with Gasteiger partial charge in [-0.25, -0.2) is 5.01 Å². The first kappa shape index (κ1) is 15.2. The average Bonchev–Trinajstić information content (AvgIpc) is 3.00. The number of nitrogens with zero attached hydrogens (tertiary/aromatic N) is 3. The third-order valence-electron chi connectivity index (χ3n) is 3.78. The van der Waals surface area contributed by atoms with E-state index in [4.69, 9.17) is 4.74 Å². The standard InChI is InChI=1S/C18H19N3O2/c1-23-15-9-7-14(8-10-15)13-17(16-5-2-3-11-19-16)20-21-12-4-6-18(21)22/h2-3,5,7-11H,4,6,12-13H2,1H3/b20-17-. The summed E-state index contributed by atoms with van der Waals surface area (Å²) in [5.74, 6) is 0.896. The van der Waals surface area contributed by atoms with E-state index in [9.17, 15) is 4.79 Å². The molecule has 5 heteroatoms. The number of aromatic nitrogens is 1. The molecule has 0 bridgehead atoms. The Morgan fingerprint density at radius 2 is 2.09 bits per heavy atom. The molecule has 1 saturated heterocycles. The Balaban J connectivity index is 1.88. The third-order valence-corrected chi connectivity index (χ3v) is 3.78. The topological polar surface area (TPSA) is 54.8 Å². The van der Waals surface area contributed by atoms with Crippen molar-refractivity contribution in [1.29, 1.82) is 0 Å². The van der Waals surface area contributed by atoms with Crippen LogP contribution in [0, 0.1) is 0 Å². The number of benzene rings is 1. The molecule has 0 unspecified atom stereocenters. The summed E-state index contributed by atoms with van der Waals surface area (Å²) in [6.45, 7) is 0.678. The van der Waals surface area contributed by atoms with Gasteiger partial charge < -0.3 is 4.74 Å². The Hall–Kier alpha value is -2.69. The average molecular weight is 309 g/mol. The van der Waals surface area contributed by atoms with Crippen molar-refractivity contribution >= 4 is 11.6 Å². The number of ether oxygens (including phenoxy) is 1. The van der Waals surface area contributed by atoms with Crippen LogP contribution in [-0.2, 0) is 11.2 Å². The molecule has 118 valence electrons. The highest BCUT2D eigenvalue weighted by Gasteiger charge is 2.21. The van der Waals surface area contributed by atoms with Crippen molar-refractivity contribution in [3.8, 4) is 5.75 Å². The molecule has 0 radical (unpaired) electrons. The van der Waals surface area contributed by atoms with E-state index in [0.717, 1.165) is 29.1 Å². The van der Waals surface area contributed by atoms with Gasteiger partial charge in [-0.05, 0) is 36.2 Å². The maximum atomic E-state index is 11.9. The number of methoxy groups -OCH3 is 1. The van der Waals surface area contributed by atoms with Crippen molar-refractivity contribution in [2.45, 2.75) is 19.3 Å².